The second-order valence-electron chi connectivity index (χ2n) is 10.8. The fourth-order valence-corrected chi connectivity index (χ4v) is 6.60. The maximum atomic E-state index is 10.3. The minimum absolute atomic E-state index is 0.443. The molecular weight excluding hydrogens is 536 g/mol. The van der Waals surface area contributed by atoms with Crippen molar-refractivity contribution in [2.75, 3.05) is 0 Å². The van der Waals surface area contributed by atoms with Gasteiger partial charge in [0.15, 0.2) is 6.20 Å². The molecule has 0 aliphatic carbocycles. The third-order valence-corrected chi connectivity index (χ3v) is 8.45. The van der Waals surface area contributed by atoms with Crippen molar-refractivity contribution < 1.29 is 0 Å². The summed E-state index contributed by atoms with van der Waals surface area (Å²) in [4.78, 5) is 3.63. The van der Waals surface area contributed by atoms with Gasteiger partial charge in [0.1, 0.15) is 0 Å². The molecule has 2 aromatic heterocycles. The molecule has 204 valence electrons. The predicted molar refractivity (Wildman–Crippen MR) is 184 cm³/mol. The first-order valence-electron chi connectivity index (χ1n) is 14.5. The van der Waals surface area contributed by atoms with Gasteiger partial charge in [0.25, 0.3) is 0 Å². The highest BCUT2D eigenvalue weighted by atomic mass is 15.0. The van der Waals surface area contributed by atoms with Crippen LogP contribution in [0, 0.1) is 17.9 Å². The van der Waals surface area contributed by atoms with Crippen molar-refractivity contribution in [1.82, 2.24) is 9.13 Å². The molecule has 2 heterocycles. The zero-order valence-electron chi connectivity index (χ0n) is 23.6. The van der Waals surface area contributed by atoms with Crippen molar-refractivity contribution in [3.63, 3.8) is 0 Å². The fraction of sp³-hybridized carbons (Fsp3) is 0. The standard InChI is InChI=1S/C40H24N4/c1-42-26-30(44-35-16-8-6-14-33(35)34-15-7-9-17-36(34)44)24-27(25-41)22-23-43-37-20-18-28-10-2-4-12-31(28)39(37)40-32-13-5-3-11-29(32)19-21-38(40)43/h2-24,26H/b23-22+,27-24+,30-26-. The third-order valence-electron chi connectivity index (χ3n) is 8.45. The molecule has 0 radical (unpaired) electrons. The van der Waals surface area contributed by atoms with Crippen molar-refractivity contribution in [2.24, 2.45) is 0 Å². The van der Waals surface area contributed by atoms with E-state index < -0.39 is 0 Å². The van der Waals surface area contributed by atoms with Gasteiger partial charge in [-0.3, -0.25) is 0 Å². The molecule has 44 heavy (non-hydrogen) atoms. The van der Waals surface area contributed by atoms with Gasteiger partial charge in [0.05, 0.1) is 40.3 Å². The van der Waals surface area contributed by atoms with Crippen LogP contribution in [-0.4, -0.2) is 9.13 Å². The van der Waals surface area contributed by atoms with Crippen LogP contribution in [0.15, 0.2) is 145 Å². The highest BCUT2D eigenvalue weighted by molar-refractivity contribution is 6.28. The molecule has 8 aromatic rings. The minimum Gasteiger partial charge on any atom is -0.320 e. The van der Waals surface area contributed by atoms with Gasteiger partial charge in [-0.05, 0) is 58.0 Å². The summed E-state index contributed by atoms with van der Waals surface area (Å²) in [5.74, 6) is 0. The number of hydrogen-bond acceptors (Lipinski definition) is 1. The Morgan fingerprint density at radius 1 is 0.614 bits per heavy atom. The van der Waals surface area contributed by atoms with Crippen LogP contribution in [0.25, 0.3) is 81.9 Å². The van der Waals surface area contributed by atoms with Gasteiger partial charge in [-0.2, -0.15) is 5.26 Å². The van der Waals surface area contributed by atoms with Crippen molar-refractivity contribution in [2.45, 2.75) is 0 Å². The van der Waals surface area contributed by atoms with E-state index in [4.69, 9.17) is 6.57 Å². The van der Waals surface area contributed by atoms with E-state index in [1.54, 1.807) is 6.08 Å². The van der Waals surface area contributed by atoms with Crippen LogP contribution in [0.1, 0.15) is 0 Å². The second-order valence-corrected chi connectivity index (χ2v) is 10.8. The molecule has 0 atom stereocenters. The number of benzene rings is 6. The summed E-state index contributed by atoms with van der Waals surface area (Å²) in [6.45, 7) is 7.68. The number of allylic oxidation sites excluding steroid dienone is 4. The van der Waals surface area contributed by atoms with Gasteiger partial charge in [0.2, 0.25) is 0 Å². The average molecular weight is 561 g/mol. The summed E-state index contributed by atoms with van der Waals surface area (Å²) in [5, 5.41) is 19.7. The van der Waals surface area contributed by atoms with Crippen LogP contribution in [0.4, 0.5) is 0 Å². The van der Waals surface area contributed by atoms with E-state index >= 15 is 0 Å². The van der Waals surface area contributed by atoms with Crippen molar-refractivity contribution in [1.29, 1.82) is 5.26 Å². The quantitative estimate of drug-likeness (QED) is 0.120. The Morgan fingerprint density at radius 3 is 1.64 bits per heavy atom. The molecule has 0 fully saturated rings. The van der Waals surface area contributed by atoms with Crippen LogP contribution in [0.2, 0.25) is 0 Å². The molecule has 0 aliphatic rings. The van der Waals surface area contributed by atoms with Crippen LogP contribution in [0.5, 0.6) is 0 Å². The molecule has 0 bridgehead atoms. The number of nitriles is 1. The largest absolute Gasteiger partial charge is 0.320 e. The third kappa shape index (κ3) is 3.83. The summed E-state index contributed by atoms with van der Waals surface area (Å²) in [5.41, 5.74) is 5.20. The molecule has 0 spiro atoms. The van der Waals surface area contributed by atoms with Crippen molar-refractivity contribution in [3.05, 3.63) is 157 Å². The average Bonchev–Trinajstić information content (AvgIpc) is 3.59. The van der Waals surface area contributed by atoms with Gasteiger partial charge in [0, 0.05) is 33.4 Å². The molecule has 0 saturated heterocycles. The highest BCUT2D eigenvalue weighted by Crippen LogP contribution is 2.39. The summed E-state index contributed by atoms with van der Waals surface area (Å²) in [7, 11) is 0. The molecule has 4 heteroatoms. The van der Waals surface area contributed by atoms with Crippen LogP contribution < -0.4 is 0 Å². The highest BCUT2D eigenvalue weighted by Gasteiger charge is 2.16. The maximum absolute atomic E-state index is 10.3. The topological polar surface area (TPSA) is 38.0 Å². The molecule has 0 N–H and O–H groups in total. The van der Waals surface area contributed by atoms with E-state index in [0.717, 1.165) is 32.8 Å². The first-order chi connectivity index (χ1) is 21.8. The van der Waals surface area contributed by atoms with E-state index in [-0.39, 0.29) is 0 Å². The van der Waals surface area contributed by atoms with Gasteiger partial charge >= 0.3 is 0 Å². The second kappa shape index (κ2) is 10.2. The summed E-state index contributed by atoms with van der Waals surface area (Å²) < 4.78 is 4.24. The van der Waals surface area contributed by atoms with Gasteiger partial charge in [-0.1, -0.05) is 97.1 Å². The maximum Gasteiger partial charge on any atom is 0.177 e. The summed E-state index contributed by atoms with van der Waals surface area (Å²) in [6, 6.07) is 44.3. The first-order valence-corrected chi connectivity index (χ1v) is 14.5. The molecular formula is C40H24N4. The van der Waals surface area contributed by atoms with Gasteiger partial charge in [-0.15, -0.1) is 0 Å². The molecule has 4 nitrogen and oxygen atoms in total. The minimum atomic E-state index is 0.443. The molecule has 8 rings (SSSR count). The number of rotatable bonds is 4. The van der Waals surface area contributed by atoms with Gasteiger partial charge < -0.3 is 9.13 Å². The Balaban J connectivity index is 1.34. The lowest BCUT2D eigenvalue weighted by Gasteiger charge is -2.09. The predicted octanol–water partition coefficient (Wildman–Crippen LogP) is 10.5. The number of para-hydroxylation sites is 2. The molecule has 0 saturated carbocycles. The Morgan fingerprint density at radius 2 is 1.11 bits per heavy atom. The van der Waals surface area contributed by atoms with Crippen LogP contribution >= 0.6 is 0 Å². The number of hydrogen-bond donors (Lipinski definition) is 0. The molecule has 6 aromatic carbocycles. The first kappa shape index (κ1) is 25.4. The van der Waals surface area contributed by atoms with E-state index in [1.165, 1.54) is 38.5 Å². The number of nitrogens with zero attached hydrogens (tertiary/aromatic N) is 4. The molecule has 0 aliphatic heterocycles. The lowest BCUT2D eigenvalue weighted by Crippen LogP contribution is -1.95. The number of aromatic nitrogens is 2. The normalized spacial score (nSPS) is 12.7. The van der Waals surface area contributed by atoms with Crippen LogP contribution in [0.3, 0.4) is 0 Å². The Bertz CT molecular complexity index is 2480. The van der Waals surface area contributed by atoms with Crippen molar-refractivity contribution >= 4 is 77.1 Å². The number of fused-ring (bicyclic) bond motifs is 10. The lowest BCUT2D eigenvalue weighted by molar-refractivity contribution is 1.23. The van der Waals surface area contributed by atoms with E-state index in [1.807, 2.05) is 36.5 Å². The Kier molecular flexibility index (Phi) is 5.86. The van der Waals surface area contributed by atoms with Crippen LogP contribution in [-0.2, 0) is 0 Å². The Hall–Kier alpha value is -6.36. The van der Waals surface area contributed by atoms with E-state index in [9.17, 15) is 5.26 Å². The van der Waals surface area contributed by atoms with Gasteiger partial charge in [-0.25, -0.2) is 4.85 Å². The fourth-order valence-electron chi connectivity index (χ4n) is 6.60. The SMILES string of the molecule is [C-]#[N+]/C=C(/C=C(C#N)\C=C\n1c2ccc3ccccc3c2c2c3ccccc3ccc21)n1c2ccccc2c2ccccc21. The lowest BCUT2D eigenvalue weighted by atomic mass is 10.00. The van der Waals surface area contributed by atoms with E-state index in [0.29, 0.717) is 11.3 Å². The Labute approximate surface area is 253 Å². The zero-order chi connectivity index (χ0) is 29.6. The van der Waals surface area contributed by atoms with E-state index in [2.05, 4.69) is 117 Å². The van der Waals surface area contributed by atoms with Crippen molar-refractivity contribution in [3.8, 4) is 6.07 Å². The summed E-state index contributed by atoms with van der Waals surface area (Å²) >= 11 is 0. The zero-order valence-corrected chi connectivity index (χ0v) is 23.6. The molecule has 0 unspecified atom stereocenters. The summed E-state index contributed by atoms with van der Waals surface area (Å²) in [6.07, 6.45) is 7.11. The smallest absolute Gasteiger partial charge is 0.177 e. The molecule has 0 amide bonds. The monoisotopic (exact) mass is 560 g/mol.